The highest BCUT2D eigenvalue weighted by Crippen LogP contribution is 2.40. The Labute approximate surface area is 186 Å². The molecule has 1 aromatic heterocycles. The van der Waals surface area contributed by atoms with E-state index in [1.165, 1.54) is 0 Å². The molecular weight excluding hydrogens is 471 g/mol. The molecule has 3 rings (SSSR count). The van der Waals surface area contributed by atoms with Gasteiger partial charge in [-0.25, -0.2) is 9.18 Å². The zero-order valence-corrected chi connectivity index (χ0v) is 17.4. The van der Waals surface area contributed by atoms with Crippen molar-refractivity contribution in [3.05, 3.63) is 17.1 Å². The van der Waals surface area contributed by atoms with Crippen LogP contribution in [-0.4, -0.2) is 78.4 Å². The lowest BCUT2D eigenvalue weighted by atomic mass is 10.00. The van der Waals surface area contributed by atoms with E-state index in [0.29, 0.717) is 0 Å². The lowest BCUT2D eigenvalue weighted by Crippen LogP contribution is -2.71. The number of alkyl halides is 1. The summed E-state index contributed by atoms with van der Waals surface area (Å²) in [5.41, 5.74) is 9.64. The molecule has 0 radical (unpaired) electrons. The molecule has 1 aromatic rings. The predicted octanol–water partition coefficient (Wildman–Crippen LogP) is -2.24. The van der Waals surface area contributed by atoms with E-state index < -0.39 is 53.3 Å². The van der Waals surface area contributed by atoms with Crippen molar-refractivity contribution in [2.45, 2.75) is 11.4 Å². The summed E-state index contributed by atoms with van der Waals surface area (Å²) in [6, 6.07) is -1.15. The summed E-state index contributed by atoms with van der Waals surface area (Å²) >= 11 is 1.85. The molecule has 2 aliphatic rings. The maximum Gasteiger partial charge on any atom is 0.353 e. The Hall–Kier alpha value is -3.80. The Kier molecular flexibility index (Phi) is 6.53. The Morgan fingerprint density at radius 2 is 2.16 bits per heavy atom. The van der Waals surface area contributed by atoms with Crippen LogP contribution in [0.25, 0.3) is 0 Å². The third-order valence-corrected chi connectivity index (χ3v) is 6.02. The molecule has 170 valence electrons. The summed E-state index contributed by atoms with van der Waals surface area (Å²) in [4.78, 5) is 46.2. The number of thioether (sulfide) groups is 1. The molecule has 1 fully saturated rings. The number of nitrogen functional groups attached to an aromatic ring is 1. The molecule has 9 N–H and O–H groups in total. The van der Waals surface area contributed by atoms with Crippen LogP contribution in [-0.2, 0) is 19.2 Å². The van der Waals surface area contributed by atoms with Crippen molar-refractivity contribution in [1.82, 2.24) is 19.6 Å². The average Bonchev–Trinajstić information content (AvgIpc) is 3.17. The van der Waals surface area contributed by atoms with Gasteiger partial charge in [0.1, 0.15) is 28.7 Å². The molecule has 0 bridgehead atoms. The summed E-state index contributed by atoms with van der Waals surface area (Å²) in [5.74, 6) is 1.22. The summed E-state index contributed by atoms with van der Waals surface area (Å²) in [5, 5.41) is 25.4. The predicted molar refractivity (Wildman–Crippen MR) is 111 cm³/mol. The number of β-lactam (4-membered cyclic amide) rings is 1. The van der Waals surface area contributed by atoms with E-state index in [9.17, 15) is 23.9 Å². The van der Waals surface area contributed by atoms with Crippen molar-refractivity contribution < 1.29 is 28.7 Å². The first-order chi connectivity index (χ1) is 15.2. The zero-order chi connectivity index (χ0) is 23.6. The van der Waals surface area contributed by atoms with Gasteiger partial charge < -0.3 is 32.6 Å². The minimum absolute atomic E-state index is 0.00581. The number of amides is 2. The third kappa shape index (κ3) is 4.04. The van der Waals surface area contributed by atoms with Gasteiger partial charge in [0.2, 0.25) is 11.5 Å². The summed E-state index contributed by atoms with van der Waals surface area (Å²) in [6.45, 7) is -1.33. The molecule has 2 unspecified atom stereocenters. The molecular formula is C14H15FN10O5S2. The number of hydrazone groups is 1. The molecule has 2 atom stereocenters. The number of nitrogens with zero attached hydrogens (tertiary/aromatic N) is 5. The molecule has 0 aliphatic carbocycles. The molecule has 2 aliphatic heterocycles. The van der Waals surface area contributed by atoms with Crippen molar-refractivity contribution >= 4 is 63.5 Å². The quantitative estimate of drug-likeness (QED) is 0.0753. The number of nitrogens with two attached hydrogens (primary N) is 3. The lowest BCUT2D eigenvalue weighted by molar-refractivity contribution is -0.150. The molecule has 0 spiro atoms. The van der Waals surface area contributed by atoms with Gasteiger partial charge in [-0.15, -0.1) is 11.8 Å². The average molecular weight is 486 g/mol. The van der Waals surface area contributed by atoms with E-state index in [-0.39, 0.29) is 28.0 Å². The van der Waals surface area contributed by atoms with Crippen LogP contribution in [0.4, 0.5) is 9.52 Å². The summed E-state index contributed by atoms with van der Waals surface area (Å²) < 4.78 is 16.2. The summed E-state index contributed by atoms with van der Waals surface area (Å²) in [6.07, 6.45) is 0. The van der Waals surface area contributed by atoms with Crippen molar-refractivity contribution in [1.29, 1.82) is 5.41 Å². The van der Waals surface area contributed by atoms with Crippen LogP contribution in [0.1, 0.15) is 5.82 Å². The second-order valence-corrected chi connectivity index (χ2v) is 7.91. The van der Waals surface area contributed by atoms with Crippen molar-refractivity contribution in [3.63, 3.8) is 0 Å². The number of aliphatic carboxylic acids is 1. The number of fused-ring (bicyclic) bond motifs is 1. The Balaban J connectivity index is 1.86. The first kappa shape index (κ1) is 22.9. The molecule has 0 aromatic carbocycles. The largest absolute Gasteiger partial charge is 0.477 e. The summed E-state index contributed by atoms with van der Waals surface area (Å²) in [7, 11) is 0. The number of anilines is 1. The minimum atomic E-state index is -1.47. The topological polar surface area (TPSA) is 248 Å². The smallest absolute Gasteiger partial charge is 0.353 e. The molecule has 2 amide bonds. The Bertz CT molecular complexity index is 1090. The number of nitrogens with one attached hydrogen (secondary N) is 2. The number of carbonyl (C=O) groups is 3. The number of oxime groups is 1. The van der Waals surface area contributed by atoms with Gasteiger partial charge in [-0.05, 0) is 0 Å². The lowest BCUT2D eigenvalue weighted by Gasteiger charge is -2.49. The normalized spacial score (nSPS) is 21.0. The number of amidine groups is 1. The van der Waals surface area contributed by atoms with E-state index in [4.69, 9.17) is 22.7 Å². The van der Waals surface area contributed by atoms with Gasteiger partial charge in [0.05, 0.1) is 0 Å². The second-order valence-electron chi connectivity index (χ2n) is 6.02. The van der Waals surface area contributed by atoms with Crippen molar-refractivity contribution in [2.75, 3.05) is 18.3 Å². The minimum Gasteiger partial charge on any atom is -0.477 e. The fourth-order valence-corrected chi connectivity index (χ4v) is 4.70. The van der Waals surface area contributed by atoms with E-state index in [1.807, 2.05) is 0 Å². The standard InChI is InChI=1S/C14H15FN10O5S2/c15-2-30-23-5(9-21-14(18)32-24-9)10(26)20-6-11(27)25-7(13(28)29)3(1-31-12(6)25)4(22-19)8(16)17/h6,12H,1-2,19H2,(H3,16,17)(H,20,26)(H,28,29)(H2,18,21,24). The highest BCUT2D eigenvalue weighted by atomic mass is 32.2. The van der Waals surface area contributed by atoms with Gasteiger partial charge in [-0.2, -0.15) is 14.5 Å². The number of carboxylic acids is 1. The van der Waals surface area contributed by atoms with Crippen LogP contribution in [0.3, 0.4) is 0 Å². The first-order valence-electron chi connectivity index (χ1n) is 8.41. The maximum atomic E-state index is 12.7. The molecule has 18 heteroatoms. The van der Waals surface area contributed by atoms with E-state index >= 15 is 0 Å². The number of aromatic nitrogens is 2. The maximum absolute atomic E-state index is 12.7. The van der Waals surface area contributed by atoms with Crippen molar-refractivity contribution in [2.24, 2.45) is 21.8 Å². The molecule has 3 heterocycles. The van der Waals surface area contributed by atoms with Gasteiger partial charge in [0.25, 0.3) is 18.7 Å². The Morgan fingerprint density at radius 1 is 1.44 bits per heavy atom. The number of carbonyl (C=O) groups excluding carboxylic acids is 2. The zero-order valence-electron chi connectivity index (χ0n) is 15.8. The van der Waals surface area contributed by atoms with Crippen LogP contribution in [0.2, 0.25) is 0 Å². The van der Waals surface area contributed by atoms with E-state index in [2.05, 4.69) is 29.8 Å². The van der Waals surface area contributed by atoms with Crippen LogP contribution in [0, 0.1) is 5.41 Å². The number of hydrogen-bond donors (Lipinski definition) is 6. The van der Waals surface area contributed by atoms with E-state index in [1.54, 1.807) is 0 Å². The second kappa shape index (κ2) is 9.14. The SMILES string of the molecule is N=C(N)C(=NN)C1=C(C(=O)O)N2C(=O)C(NC(=O)C(=NOCF)c3nsc(N)n3)C2SC1. The molecule has 15 nitrogen and oxygen atoms in total. The van der Waals surface area contributed by atoms with E-state index in [0.717, 1.165) is 28.2 Å². The monoisotopic (exact) mass is 486 g/mol. The third-order valence-electron chi connectivity index (χ3n) is 4.20. The van der Waals surface area contributed by atoms with Gasteiger partial charge in [-0.1, -0.05) is 5.16 Å². The molecule has 1 saturated heterocycles. The number of halogens is 1. The number of carboxylic acid groups (broad SMARTS) is 1. The fourth-order valence-electron chi connectivity index (χ4n) is 2.92. The first-order valence-corrected chi connectivity index (χ1v) is 10.2. The van der Waals surface area contributed by atoms with Gasteiger partial charge >= 0.3 is 5.97 Å². The number of hydrogen-bond acceptors (Lipinski definition) is 13. The number of rotatable bonds is 8. The fraction of sp³-hybridized carbons (Fsp3) is 0.286. The van der Waals surface area contributed by atoms with Crippen LogP contribution < -0.4 is 22.6 Å². The molecule has 0 saturated carbocycles. The highest BCUT2D eigenvalue weighted by molar-refractivity contribution is 8.00. The van der Waals surface area contributed by atoms with Crippen molar-refractivity contribution in [3.8, 4) is 0 Å². The highest BCUT2D eigenvalue weighted by Gasteiger charge is 2.55. The van der Waals surface area contributed by atoms with Gasteiger partial charge in [-0.3, -0.25) is 19.9 Å². The van der Waals surface area contributed by atoms with Gasteiger partial charge in [0.15, 0.2) is 5.13 Å². The van der Waals surface area contributed by atoms with Crippen LogP contribution in [0.15, 0.2) is 21.5 Å². The van der Waals surface area contributed by atoms with Crippen LogP contribution in [0.5, 0.6) is 0 Å². The van der Waals surface area contributed by atoms with Crippen LogP contribution >= 0.6 is 23.3 Å². The molecule has 32 heavy (non-hydrogen) atoms. The van der Waals surface area contributed by atoms with Gasteiger partial charge in [0, 0.05) is 22.9 Å². The Morgan fingerprint density at radius 3 is 2.69 bits per heavy atom.